The second kappa shape index (κ2) is 7.19. The molecule has 138 valence electrons. The third-order valence-corrected chi connectivity index (χ3v) is 5.01. The SMILES string of the molecule is O=C(Cc1ccc([N+](=O)[O-])cc1)N1CCC(c2nc3ccccc3o2)CC1. The lowest BCUT2D eigenvalue weighted by Crippen LogP contribution is -2.38. The number of nitrogens with zero attached hydrogens (tertiary/aromatic N) is 3. The van der Waals surface area contributed by atoms with Crippen molar-refractivity contribution in [3.05, 3.63) is 70.1 Å². The van der Waals surface area contributed by atoms with Crippen molar-refractivity contribution in [1.82, 2.24) is 9.88 Å². The van der Waals surface area contributed by atoms with E-state index in [1.807, 2.05) is 29.2 Å². The molecule has 1 amide bonds. The Bertz CT molecular complexity index is 939. The van der Waals surface area contributed by atoms with Crippen molar-refractivity contribution in [2.45, 2.75) is 25.2 Å². The number of rotatable bonds is 4. The number of likely N-dealkylation sites (tertiary alicyclic amines) is 1. The van der Waals surface area contributed by atoms with Gasteiger partial charge in [0, 0.05) is 31.1 Å². The average Bonchev–Trinajstić information content (AvgIpc) is 3.13. The van der Waals surface area contributed by atoms with Crippen LogP contribution in [-0.4, -0.2) is 33.8 Å². The van der Waals surface area contributed by atoms with E-state index in [1.165, 1.54) is 12.1 Å². The highest BCUT2D eigenvalue weighted by atomic mass is 16.6. The predicted octanol–water partition coefficient (Wildman–Crippen LogP) is 3.68. The molecular weight excluding hydrogens is 346 g/mol. The maximum absolute atomic E-state index is 12.5. The van der Waals surface area contributed by atoms with Gasteiger partial charge in [0.2, 0.25) is 5.91 Å². The van der Waals surface area contributed by atoms with Gasteiger partial charge in [-0.2, -0.15) is 0 Å². The van der Waals surface area contributed by atoms with Gasteiger partial charge in [-0.1, -0.05) is 24.3 Å². The lowest BCUT2D eigenvalue weighted by molar-refractivity contribution is -0.384. The number of fused-ring (bicyclic) bond motifs is 1. The van der Waals surface area contributed by atoms with Gasteiger partial charge in [-0.25, -0.2) is 4.98 Å². The van der Waals surface area contributed by atoms with Gasteiger partial charge in [-0.05, 0) is 30.5 Å². The van der Waals surface area contributed by atoms with E-state index in [1.54, 1.807) is 12.1 Å². The maximum atomic E-state index is 12.5. The highest BCUT2D eigenvalue weighted by molar-refractivity contribution is 5.79. The number of hydrogen-bond donors (Lipinski definition) is 0. The minimum atomic E-state index is -0.442. The summed E-state index contributed by atoms with van der Waals surface area (Å²) in [6.45, 7) is 1.32. The first kappa shape index (κ1) is 17.2. The van der Waals surface area contributed by atoms with Crippen molar-refractivity contribution in [3.63, 3.8) is 0 Å². The minimum Gasteiger partial charge on any atom is -0.440 e. The molecule has 0 atom stereocenters. The Hall–Kier alpha value is -3.22. The van der Waals surface area contributed by atoms with Crippen LogP contribution in [0, 0.1) is 10.1 Å². The Labute approximate surface area is 155 Å². The fourth-order valence-electron chi connectivity index (χ4n) is 3.46. The number of hydrogen-bond acceptors (Lipinski definition) is 5. The number of amides is 1. The van der Waals surface area contributed by atoms with E-state index < -0.39 is 4.92 Å². The number of nitro benzene ring substituents is 1. The molecule has 4 rings (SSSR count). The van der Waals surface area contributed by atoms with E-state index >= 15 is 0 Å². The molecule has 2 heterocycles. The summed E-state index contributed by atoms with van der Waals surface area (Å²) in [5.41, 5.74) is 2.48. The van der Waals surface area contributed by atoms with E-state index in [4.69, 9.17) is 4.42 Å². The zero-order chi connectivity index (χ0) is 18.8. The van der Waals surface area contributed by atoms with Crippen LogP contribution >= 0.6 is 0 Å². The first-order valence-electron chi connectivity index (χ1n) is 8.97. The molecule has 1 saturated heterocycles. The Morgan fingerprint density at radius 1 is 1.15 bits per heavy atom. The molecule has 2 aromatic carbocycles. The molecule has 0 bridgehead atoms. The molecule has 7 nitrogen and oxygen atoms in total. The van der Waals surface area contributed by atoms with Gasteiger partial charge in [-0.15, -0.1) is 0 Å². The van der Waals surface area contributed by atoms with E-state index in [0.717, 1.165) is 35.4 Å². The molecule has 0 spiro atoms. The molecule has 1 aliphatic heterocycles. The highest BCUT2D eigenvalue weighted by Crippen LogP contribution is 2.30. The van der Waals surface area contributed by atoms with Crippen LogP contribution in [0.25, 0.3) is 11.1 Å². The normalized spacial score (nSPS) is 15.2. The van der Waals surface area contributed by atoms with Gasteiger partial charge in [0.1, 0.15) is 5.52 Å². The zero-order valence-electron chi connectivity index (χ0n) is 14.7. The summed E-state index contributed by atoms with van der Waals surface area (Å²) in [4.78, 5) is 29.2. The summed E-state index contributed by atoms with van der Waals surface area (Å²) in [6.07, 6.45) is 1.89. The monoisotopic (exact) mass is 365 g/mol. The summed E-state index contributed by atoms with van der Waals surface area (Å²) in [7, 11) is 0. The molecule has 7 heteroatoms. The van der Waals surface area contributed by atoms with Crippen LogP contribution in [0.1, 0.15) is 30.2 Å². The van der Waals surface area contributed by atoms with Gasteiger partial charge in [0.05, 0.1) is 11.3 Å². The van der Waals surface area contributed by atoms with Crippen molar-refractivity contribution in [1.29, 1.82) is 0 Å². The van der Waals surface area contributed by atoms with Gasteiger partial charge in [0.15, 0.2) is 11.5 Å². The van der Waals surface area contributed by atoms with Crippen LogP contribution in [0.2, 0.25) is 0 Å². The maximum Gasteiger partial charge on any atom is 0.269 e. The molecular formula is C20H19N3O4. The quantitative estimate of drug-likeness (QED) is 0.520. The number of non-ortho nitro benzene ring substituents is 1. The largest absolute Gasteiger partial charge is 0.440 e. The first-order chi connectivity index (χ1) is 13.1. The number of aromatic nitrogens is 1. The summed E-state index contributed by atoms with van der Waals surface area (Å²) in [5, 5.41) is 10.7. The second-order valence-corrected chi connectivity index (χ2v) is 6.78. The fourth-order valence-corrected chi connectivity index (χ4v) is 3.46. The Kier molecular flexibility index (Phi) is 4.58. The molecule has 0 radical (unpaired) electrons. The second-order valence-electron chi connectivity index (χ2n) is 6.78. The summed E-state index contributed by atoms with van der Waals surface area (Å²) < 4.78 is 5.86. The number of oxazole rings is 1. The predicted molar refractivity (Wildman–Crippen MR) is 99.4 cm³/mol. The molecule has 0 saturated carbocycles. The third kappa shape index (κ3) is 3.67. The van der Waals surface area contributed by atoms with E-state index in [-0.39, 0.29) is 23.9 Å². The van der Waals surface area contributed by atoms with Crippen molar-refractivity contribution in [3.8, 4) is 0 Å². The van der Waals surface area contributed by atoms with Crippen molar-refractivity contribution in [2.24, 2.45) is 0 Å². The van der Waals surface area contributed by atoms with E-state index in [2.05, 4.69) is 4.98 Å². The number of nitro groups is 1. The molecule has 0 unspecified atom stereocenters. The van der Waals surface area contributed by atoms with Crippen molar-refractivity contribution in [2.75, 3.05) is 13.1 Å². The number of para-hydroxylation sites is 2. The smallest absolute Gasteiger partial charge is 0.269 e. The van der Waals surface area contributed by atoms with Crippen molar-refractivity contribution < 1.29 is 14.1 Å². The molecule has 1 aromatic heterocycles. The van der Waals surface area contributed by atoms with Crippen LogP contribution in [0.3, 0.4) is 0 Å². The third-order valence-electron chi connectivity index (χ3n) is 5.01. The van der Waals surface area contributed by atoms with Crippen molar-refractivity contribution >= 4 is 22.7 Å². The highest BCUT2D eigenvalue weighted by Gasteiger charge is 2.27. The van der Waals surface area contributed by atoms with Gasteiger partial charge < -0.3 is 9.32 Å². The molecule has 0 N–H and O–H groups in total. The minimum absolute atomic E-state index is 0.0327. The van der Waals surface area contributed by atoms with Gasteiger partial charge in [-0.3, -0.25) is 14.9 Å². The Morgan fingerprint density at radius 3 is 2.52 bits per heavy atom. The Balaban J connectivity index is 1.35. The average molecular weight is 365 g/mol. The fraction of sp³-hybridized carbons (Fsp3) is 0.300. The van der Waals surface area contributed by atoms with Gasteiger partial charge in [0.25, 0.3) is 5.69 Å². The number of piperidine rings is 1. The van der Waals surface area contributed by atoms with E-state index in [9.17, 15) is 14.9 Å². The van der Waals surface area contributed by atoms with Crippen LogP contribution in [-0.2, 0) is 11.2 Å². The summed E-state index contributed by atoms with van der Waals surface area (Å²) in [5.74, 6) is 1.01. The summed E-state index contributed by atoms with van der Waals surface area (Å²) in [6, 6.07) is 13.9. The standard InChI is InChI=1S/C20H19N3O4/c24-19(13-14-5-7-16(8-6-14)23(25)26)22-11-9-15(10-12-22)20-21-17-3-1-2-4-18(17)27-20/h1-8,15H,9-13H2. The molecule has 0 aliphatic carbocycles. The topological polar surface area (TPSA) is 89.5 Å². The molecule has 1 aliphatic rings. The molecule has 1 fully saturated rings. The van der Waals surface area contributed by atoms with E-state index in [0.29, 0.717) is 13.1 Å². The molecule has 27 heavy (non-hydrogen) atoms. The van der Waals surface area contributed by atoms with Crippen LogP contribution < -0.4 is 0 Å². The van der Waals surface area contributed by atoms with Crippen LogP contribution in [0.15, 0.2) is 52.9 Å². The Morgan fingerprint density at radius 2 is 1.85 bits per heavy atom. The lowest BCUT2D eigenvalue weighted by Gasteiger charge is -2.30. The lowest BCUT2D eigenvalue weighted by atomic mass is 9.96. The van der Waals surface area contributed by atoms with Gasteiger partial charge >= 0.3 is 0 Å². The van der Waals surface area contributed by atoms with Crippen LogP contribution in [0.4, 0.5) is 5.69 Å². The zero-order valence-corrected chi connectivity index (χ0v) is 14.7. The number of benzene rings is 2. The first-order valence-corrected chi connectivity index (χ1v) is 8.97. The van der Waals surface area contributed by atoms with Crippen LogP contribution in [0.5, 0.6) is 0 Å². The summed E-state index contributed by atoms with van der Waals surface area (Å²) >= 11 is 0. The number of carbonyl (C=O) groups excluding carboxylic acids is 1. The molecule has 3 aromatic rings. The number of carbonyl (C=O) groups is 1.